The van der Waals surface area contributed by atoms with Gasteiger partial charge in [-0.25, -0.2) is 0 Å². The van der Waals surface area contributed by atoms with Crippen molar-refractivity contribution in [3.8, 4) is 0 Å². The molecule has 0 aromatic heterocycles. The van der Waals surface area contributed by atoms with Crippen LogP contribution in [0.5, 0.6) is 0 Å². The van der Waals surface area contributed by atoms with Crippen molar-refractivity contribution < 1.29 is 155 Å². The van der Waals surface area contributed by atoms with Crippen molar-refractivity contribution >= 4 is 10.4 Å². The first-order valence-electron chi connectivity index (χ1n) is 0.667. The van der Waals surface area contributed by atoms with Crippen molar-refractivity contribution in [2.24, 2.45) is 0 Å². The van der Waals surface area contributed by atoms with E-state index in [1.165, 1.54) is 0 Å². The van der Waals surface area contributed by atoms with Gasteiger partial charge in [-0.15, -0.1) is 0 Å². The molecule has 0 radical (unpaired) electrons. The molecule has 0 saturated carbocycles. The predicted octanol–water partition coefficient (Wildman–Crippen LogP) is -7.33. The van der Waals surface area contributed by atoms with Crippen LogP contribution in [0.1, 0.15) is 0 Å². The molecule has 0 aliphatic rings. The Hall–Kier alpha value is 4.21. The van der Waals surface area contributed by atoms with Gasteiger partial charge in [-0.1, -0.05) is 0 Å². The molecule has 9 heteroatoms. The van der Waals surface area contributed by atoms with Gasteiger partial charge in [-0.2, -0.15) is 0 Å². The van der Waals surface area contributed by atoms with E-state index in [1.54, 1.807) is 0 Å². The maximum Gasteiger partial charge on any atom is 1.00 e. The summed E-state index contributed by atoms with van der Waals surface area (Å²) in [5.74, 6) is 0. The third-order valence-corrected chi connectivity index (χ3v) is 0. The molecule has 4 nitrogen and oxygen atoms in total. The summed E-state index contributed by atoms with van der Waals surface area (Å²) in [6.07, 6.45) is 0. The van der Waals surface area contributed by atoms with Gasteiger partial charge in [0.05, 0.1) is 0 Å². The first-order chi connectivity index (χ1) is 2.00. The third-order valence-electron chi connectivity index (χ3n) is 0. The van der Waals surface area contributed by atoms with E-state index in [2.05, 4.69) is 0 Å². The fourth-order valence-corrected chi connectivity index (χ4v) is 0. The quantitative estimate of drug-likeness (QED) is 0.250. The number of hydrogen-bond acceptors (Lipinski definition) is 4. The Morgan fingerprint density at radius 1 is 0.889 bits per heavy atom. The van der Waals surface area contributed by atoms with Gasteiger partial charge in [0.25, 0.3) is 0 Å². The summed E-state index contributed by atoms with van der Waals surface area (Å²) in [7, 11) is -5.17. The van der Waals surface area contributed by atoms with Gasteiger partial charge in [0.2, 0.25) is 0 Å². The monoisotopic (exact) mass is 278 g/mol. The molecule has 0 amide bonds. The number of rotatable bonds is 0. The zero-order chi connectivity index (χ0) is 4.50. The van der Waals surface area contributed by atoms with Gasteiger partial charge in [-0.05, 0) is 0 Å². The fraction of sp³-hybridized carbons (Fsp3) is 0. The van der Waals surface area contributed by atoms with Gasteiger partial charge in [-0.3, -0.25) is 8.42 Å². The Balaban J connectivity index is -0.0000000133. The largest absolute Gasteiger partial charge is 1.00 e. The SMILES string of the molecule is O=S(=O)([O-])[O-].[Cr].[Cr].[K+].[K+]. The maximum absolute atomic E-state index is 8.52. The molecule has 9 heavy (non-hydrogen) atoms. The van der Waals surface area contributed by atoms with Crippen LogP contribution in [0.15, 0.2) is 0 Å². The second kappa shape index (κ2) is 14.7. The second-order valence-electron chi connectivity index (χ2n) is 0.408. The van der Waals surface area contributed by atoms with Gasteiger partial charge in [0.1, 0.15) is 0 Å². The van der Waals surface area contributed by atoms with Crippen LogP contribution in [0.2, 0.25) is 0 Å². The van der Waals surface area contributed by atoms with E-state index in [1.807, 2.05) is 0 Å². The summed E-state index contributed by atoms with van der Waals surface area (Å²) in [6, 6.07) is 0. The topological polar surface area (TPSA) is 80.3 Å². The summed E-state index contributed by atoms with van der Waals surface area (Å²) >= 11 is 0. The summed E-state index contributed by atoms with van der Waals surface area (Å²) in [6.45, 7) is 0. The van der Waals surface area contributed by atoms with Crippen molar-refractivity contribution in [2.45, 2.75) is 0 Å². The molecule has 0 bridgehead atoms. The van der Waals surface area contributed by atoms with Crippen molar-refractivity contribution in [3.63, 3.8) is 0 Å². The van der Waals surface area contributed by atoms with Crippen LogP contribution < -0.4 is 103 Å². The first kappa shape index (κ1) is 29.2. The fourth-order valence-electron chi connectivity index (χ4n) is 0. The Kier molecular flexibility index (Phi) is 47.8. The third kappa shape index (κ3) is 71.8. The molecular weight excluding hydrogens is 278 g/mol. The minimum absolute atomic E-state index is 0. The molecule has 0 aromatic rings. The maximum atomic E-state index is 8.52. The average molecular weight is 278 g/mol. The van der Waals surface area contributed by atoms with E-state index in [4.69, 9.17) is 17.5 Å². The Labute approximate surface area is 161 Å². The summed E-state index contributed by atoms with van der Waals surface area (Å²) in [4.78, 5) is 0. The molecule has 0 aliphatic carbocycles. The van der Waals surface area contributed by atoms with E-state index >= 15 is 0 Å². The van der Waals surface area contributed by atoms with Crippen LogP contribution in [0.3, 0.4) is 0 Å². The average Bonchev–Trinajstić information content (AvgIpc) is 0.722. The van der Waals surface area contributed by atoms with Gasteiger partial charge in [0, 0.05) is 45.1 Å². The Bertz CT molecular complexity index is 99.7. The Morgan fingerprint density at radius 3 is 0.889 bits per heavy atom. The van der Waals surface area contributed by atoms with E-state index in [0.29, 0.717) is 0 Å². The molecule has 0 heterocycles. The molecule has 0 aliphatic heterocycles. The summed E-state index contributed by atoms with van der Waals surface area (Å²) in [5, 5.41) is 0. The van der Waals surface area contributed by atoms with Crippen molar-refractivity contribution in [1.29, 1.82) is 0 Å². The van der Waals surface area contributed by atoms with Crippen molar-refractivity contribution in [2.75, 3.05) is 0 Å². The summed E-state index contributed by atoms with van der Waals surface area (Å²) in [5.41, 5.74) is 0. The molecule has 44 valence electrons. The smallest absolute Gasteiger partial charge is 0.759 e. The summed E-state index contributed by atoms with van der Waals surface area (Å²) < 4.78 is 34.1. The van der Waals surface area contributed by atoms with Gasteiger partial charge >= 0.3 is 103 Å². The predicted molar refractivity (Wildman–Crippen MR) is 10.5 cm³/mol. The molecule has 0 unspecified atom stereocenters. The zero-order valence-corrected chi connectivity index (χ0v) is 14.5. The van der Waals surface area contributed by atoms with Crippen LogP contribution in [0.25, 0.3) is 0 Å². The molecule has 0 rings (SSSR count). The van der Waals surface area contributed by atoms with Crippen LogP contribution in [0, 0.1) is 0 Å². The van der Waals surface area contributed by atoms with E-state index in [-0.39, 0.29) is 137 Å². The van der Waals surface area contributed by atoms with Crippen LogP contribution in [-0.2, 0) is 45.1 Å². The molecule has 0 aromatic carbocycles. The van der Waals surface area contributed by atoms with Crippen LogP contribution in [0.4, 0.5) is 0 Å². The van der Waals surface area contributed by atoms with E-state index < -0.39 is 10.4 Å². The normalized spacial score (nSPS) is 6.44. The second-order valence-corrected chi connectivity index (χ2v) is 1.22. The van der Waals surface area contributed by atoms with Gasteiger partial charge < -0.3 is 9.11 Å². The number of hydrogen-bond donors (Lipinski definition) is 0. The minimum atomic E-state index is -5.17. The Morgan fingerprint density at radius 2 is 0.889 bits per heavy atom. The zero-order valence-electron chi connectivity index (χ0n) is 4.86. The van der Waals surface area contributed by atoms with E-state index in [9.17, 15) is 0 Å². The van der Waals surface area contributed by atoms with Crippen LogP contribution >= 0.6 is 0 Å². The molecular formula is Cr2K2O4S. The first-order valence-corrected chi connectivity index (χ1v) is 2.00. The van der Waals surface area contributed by atoms with Crippen LogP contribution in [-0.4, -0.2) is 17.5 Å². The molecule has 0 spiro atoms. The molecule has 0 fully saturated rings. The minimum Gasteiger partial charge on any atom is -0.759 e. The standard InChI is InChI=1S/2Cr.2K.H2O4S/c;;;;1-5(2,3)4/h;;;;(H2,1,2,3,4)/q;;2*+1;/p-2. The molecule has 0 saturated heterocycles. The molecule has 0 atom stereocenters. The van der Waals surface area contributed by atoms with Crippen molar-refractivity contribution in [3.05, 3.63) is 0 Å². The van der Waals surface area contributed by atoms with Crippen molar-refractivity contribution in [1.82, 2.24) is 0 Å². The van der Waals surface area contributed by atoms with Gasteiger partial charge in [0.15, 0.2) is 0 Å². The van der Waals surface area contributed by atoms with E-state index in [0.717, 1.165) is 0 Å². The molecule has 0 N–H and O–H groups in total.